The van der Waals surface area contributed by atoms with Gasteiger partial charge in [0, 0.05) is 0 Å². The van der Waals surface area contributed by atoms with Gasteiger partial charge in [-0.15, -0.1) is 0 Å². The van der Waals surface area contributed by atoms with E-state index < -0.39 is 23.3 Å². The minimum Gasteiger partial charge on any atom is -0.460 e. The van der Waals surface area contributed by atoms with Crippen LogP contribution < -0.4 is 0 Å². The van der Waals surface area contributed by atoms with Gasteiger partial charge in [0.05, 0.1) is 0 Å². The molecule has 120 valence electrons. The fourth-order valence-electron chi connectivity index (χ4n) is 1.45. The van der Waals surface area contributed by atoms with Crippen LogP contribution >= 0.6 is 0 Å². The average Bonchev–Trinajstić information content (AvgIpc) is 2.52. The Morgan fingerprint density at radius 2 is 1.14 bits per heavy atom. The molecule has 0 unspecified atom stereocenters. The summed E-state index contributed by atoms with van der Waals surface area (Å²) in [5.41, 5.74) is -2.33. The highest BCUT2D eigenvalue weighted by molar-refractivity contribution is 6.20. The second-order valence-electron chi connectivity index (χ2n) is 3.97. The first-order valence-corrected chi connectivity index (χ1v) is 6.49. The van der Waals surface area contributed by atoms with Crippen molar-refractivity contribution < 1.29 is 28.6 Å². The third-order valence-electron chi connectivity index (χ3n) is 2.38. The van der Waals surface area contributed by atoms with Gasteiger partial charge < -0.3 is 14.2 Å². The van der Waals surface area contributed by atoms with Crippen LogP contribution in [0.25, 0.3) is 0 Å². The second kappa shape index (κ2) is 10.1. The average molecular weight is 308 g/mol. The molecule has 0 aliphatic carbocycles. The topological polar surface area (TPSA) is 78.9 Å². The molecule has 0 aromatic carbocycles. The summed E-state index contributed by atoms with van der Waals surface area (Å²) in [6.07, 6.45) is 6.36. The number of carbonyl (C=O) groups is 3. The van der Waals surface area contributed by atoms with E-state index in [2.05, 4.69) is 19.7 Å². The van der Waals surface area contributed by atoms with Crippen molar-refractivity contribution in [2.75, 3.05) is 19.8 Å². The van der Waals surface area contributed by atoms with E-state index in [-0.39, 0.29) is 19.8 Å². The maximum absolute atomic E-state index is 12.2. The molecule has 0 fully saturated rings. The fraction of sp³-hybridized carbons (Fsp3) is 0.312. The highest BCUT2D eigenvalue weighted by Crippen LogP contribution is 2.26. The molecule has 0 N–H and O–H groups in total. The molecule has 0 aliphatic heterocycles. The van der Waals surface area contributed by atoms with Gasteiger partial charge in [-0.05, 0) is 13.0 Å². The van der Waals surface area contributed by atoms with E-state index in [0.29, 0.717) is 0 Å². The van der Waals surface area contributed by atoms with Gasteiger partial charge in [-0.25, -0.2) is 14.4 Å². The normalized spacial score (nSPS) is 10.6. The highest BCUT2D eigenvalue weighted by Gasteiger charge is 2.55. The Morgan fingerprint density at radius 3 is 1.36 bits per heavy atom. The van der Waals surface area contributed by atoms with Gasteiger partial charge in [0.15, 0.2) is 0 Å². The molecule has 0 aliphatic rings. The summed E-state index contributed by atoms with van der Waals surface area (Å²) in [4.78, 5) is 36.7. The molecular formula is C16H20O6. The predicted octanol–water partition coefficient (Wildman–Crippen LogP) is 1.74. The molecule has 0 spiro atoms. The molecule has 0 saturated carbocycles. The third kappa shape index (κ3) is 4.73. The highest BCUT2D eigenvalue weighted by atomic mass is 16.6. The van der Waals surface area contributed by atoms with Crippen LogP contribution in [0.2, 0.25) is 0 Å². The molecule has 0 saturated heterocycles. The lowest BCUT2D eigenvalue weighted by molar-refractivity contribution is -0.178. The minimum absolute atomic E-state index is 0.165. The number of rotatable bonds is 10. The van der Waals surface area contributed by atoms with E-state index in [4.69, 9.17) is 14.2 Å². The van der Waals surface area contributed by atoms with Gasteiger partial charge in [0.25, 0.3) is 5.41 Å². The zero-order valence-electron chi connectivity index (χ0n) is 12.6. The first-order valence-electron chi connectivity index (χ1n) is 6.49. The van der Waals surface area contributed by atoms with Gasteiger partial charge in [0.2, 0.25) is 0 Å². The molecule has 0 atom stereocenters. The van der Waals surface area contributed by atoms with Crippen molar-refractivity contribution in [3.05, 3.63) is 50.1 Å². The van der Waals surface area contributed by atoms with Crippen LogP contribution in [0.3, 0.4) is 0 Å². The summed E-state index contributed by atoms with van der Waals surface area (Å²) in [5.74, 6) is -3.31. The van der Waals surface area contributed by atoms with E-state index in [1.165, 1.54) is 31.2 Å². The molecule has 0 radical (unpaired) electrons. The summed E-state index contributed by atoms with van der Waals surface area (Å²) < 4.78 is 14.5. The first-order chi connectivity index (χ1) is 10.5. The Balaban J connectivity index is 5.71. The Bertz CT molecular complexity index is 415. The summed E-state index contributed by atoms with van der Waals surface area (Å²) in [7, 11) is 0. The van der Waals surface area contributed by atoms with Crippen molar-refractivity contribution >= 4 is 17.9 Å². The standard InChI is InChI=1S/C16H20O6/c1-5-9-16(13(17)20-10-6-2,14(18)21-11-7-3)15(19)22-12-8-4/h5-9H,2-4,10-12H2,1H3/b9-5+. The third-order valence-corrected chi connectivity index (χ3v) is 2.38. The summed E-state index contributed by atoms with van der Waals surface area (Å²) in [6, 6.07) is 0. The van der Waals surface area contributed by atoms with Crippen LogP contribution in [-0.2, 0) is 28.6 Å². The first kappa shape index (κ1) is 19.4. The van der Waals surface area contributed by atoms with Crippen molar-refractivity contribution in [1.82, 2.24) is 0 Å². The lowest BCUT2D eigenvalue weighted by Gasteiger charge is -2.23. The number of esters is 3. The summed E-state index contributed by atoms with van der Waals surface area (Å²) >= 11 is 0. The number of ether oxygens (including phenoxy) is 3. The fourth-order valence-corrected chi connectivity index (χ4v) is 1.45. The van der Waals surface area contributed by atoms with E-state index >= 15 is 0 Å². The van der Waals surface area contributed by atoms with Gasteiger partial charge in [-0.3, -0.25) is 0 Å². The van der Waals surface area contributed by atoms with Crippen LogP contribution in [0.15, 0.2) is 50.1 Å². The van der Waals surface area contributed by atoms with Gasteiger partial charge in [-0.2, -0.15) is 0 Å². The van der Waals surface area contributed by atoms with Crippen molar-refractivity contribution in [2.45, 2.75) is 6.92 Å². The molecule has 0 heterocycles. The van der Waals surface area contributed by atoms with Gasteiger partial charge in [-0.1, -0.05) is 44.0 Å². The number of hydrogen-bond donors (Lipinski definition) is 0. The van der Waals surface area contributed by atoms with Crippen LogP contribution in [-0.4, -0.2) is 37.7 Å². The van der Waals surface area contributed by atoms with E-state index in [1.54, 1.807) is 0 Å². The second-order valence-corrected chi connectivity index (χ2v) is 3.97. The van der Waals surface area contributed by atoms with Crippen molar-refractivity contribution in [1.29, 1.82) is 0 Å². The van der Waals surface area contributed by atoms with Crippen LogP contribution in [0.5, 0.6) is 0 Å². The lowest BCUT2D eigenvalue weighted by Crippen LogP contribution is -2.48. The number of carbonyl (C=O) groups excluding carboxylic acids is 3. The summed E-state index contributed by atoms with van der Waals surface area (Å²) in [5, 5.41) is 0. The molecule has 0 bridgehead atoms. The molecule has 0 aromatic heterocycles. The quantitative estimate of drug-likeness (QED) is 0.265. The van der Waals surface area contributed by atoms with Crippen molar-refractivity contribution in [3.63, 3.8) is 0 Å². The van der Waals surface area contributed by atoms with Gasteiger partial charge >= 0.3 is 17.9 Å². The zero-order valence-corrected chi connectivity index (χ0v) is 12.6. The monoisotopic (exact) mass is 308 g/mol. The maximum atomic E-state index is 12.2. The molecular weight excluding hydrogens is 288 g/mol. The van der Waals surface area contributed by atoms with E-state index in [1.807, 2.05) is 0 Å². The largest absolute Gasteiger partial charge is 0.460 e. The lowest BCUT2D eigenvalue weighted by atomic mass is 9.87. The minimum atomic E-state index is -2.33. The SMILES string of the molecule is C=CCOC(=O)C(/C=C/C)(C(=O)OCC=C)C(=O)OCC=C. The van der Waals surface area contributed by atoms with Crippen molar-refractivity contribution in [3.8, 4) is 0 Å². The molecule has 0 rings (SSSR count). The molecule has 6 nitrogen and oxygen atoms in total. The molecule has 0 amide bonds. The van der Waals surface area contributed by atoms with Gasteiger partial charge in [0.1, 0.15) is 19.8 Å². The number of allylic oxidation sites excluding steroid dienone is 1. The summed E-state index contributed by atoms with van der Waals surface area (Å²) in [6.45, 7) is 11.2. The number of hydrogen-bond acceptors (Lipinski definition) is 6. The molecule has 0 aromatic rings. The molecule has 22 heavy (non-hydrogen) atoms. The molecule has 6 heteroatoms. The Kier molecular flexibility index (Phi) is 8.94. The van der Waals surface area contributed by atoms with Crippen LogP contribution in [0.1, 0.15) is 6.92 Å². The van der Waals surface area contributed by atoms with E-state index in [9.17, 15) is 14.4 Å². The Morgan fingerprint density at radius 1 is 0.818 bits per heavy atom. The predicted molar refractivity (Wildman–Crippen MR) is 80.7 cm³/mol. The smallest absolute Gasteiger partial charge is 0.339 e. The van der Waals surface area contributed by atoms with Crippen molar-refractivity contribution in [2.24, 2.45) is 5.41 Å². The Hall–Kier alpha value is -2.63. The maximum Gasteiger partial charge on any atom is 0.339 e. The van der Waals surface area contributed by atoms with Crippen LogP contribution in [0, 0.1) is 5.41 Å². The van der Waals surface area contributed by atoms with Crippen LogP contribution in [0.4, 0.5) is 0 Å². The zero-order chi connectivity index (χ0) is 17.0. The Labute approximate surface area is 129 Å². The van der Waals surface area contributed by atoms with E-state index in [0.717, 1.165) is 6.08 Å².